The molecular weight excluding hydrogens is 201 g/mol. The van der Waals surface area contributed by atoms with E-state index in [4.69, 9.17) is 4.74 Å². The first-order chi connectivity index (χ1) is 6.52. The summed E-state index contributed by atoms with van der Waals surface area (Å²) in [5.74, 6) is -0.595. The molecule has 2 unspecified atom stereocenters. The first-order valence-electron chi connectivity index (χ1n) is 4.38. The lowest BCUT2D eigenvalue weighted by molar-refractivity contribution is -0.138. The Morgan fingerprint density at radius 1 is 1.57 bits per heavy atom. The van der Waals surface area contributed by atoms with Crippen molar-refractivity contribution >= 4 is 21.1 Å². The summed E-state index contributed by atoms with van der Waals surface area (Å²) in [6, 6.07) is -0.315. The van der Waals surface area contributed by atoms with Crippen LogP contribution in [-0.4, -0.2) is 24.4 Å². The topological polar surface area (TPSA) is 55.4 Å². The van der Waals surface area contributed by atoms with Crippen LogP contribution in [0.2, 0.25) is 0 Å². The van der Waals surface area contributed by atoms with E-state index in [2.05, 4.69) is 14.5 Å². The van der Waals surface area contributed by atoms with Gasteiger partial charge in [0.2, 0.25) is 0 Å². The smallest absolute Gasteiger partial charge is 0.333 e. The standard InChI is InChI=1S/C9H16NO3P/c1-4-13-9(12)6(2)5-8(11)7(3)10-14/h5,7,10H,4,14H2,1-3H3/b6-5+. The van der Waals surface area contributed by atoms with Crippen molar-refractivity contribution in [1.29, 1.82) is 0 Å². The number of ether oxygens (including phenoxy) is 1. The minimum atomic E-state index is -0.447. The lowest BCUT2D eigenvalue weighted by Gasteiger charge is -2.06. The molecule has 4 nitrogen and oxygen atoms in total. The van der Waals surface area contributed by atoms with Gasteiger partial charge < -0.3 is 4.74 Å². The van der Waals surface area contributed by atoms with E-state index in [1.54, 1.807) is 20.8 Å². The molecule has 0 amide bonds. The van der Waals surface area contributed by atoms with Crippen molar-refractivity contribution in [3.05, 3.63) is 11.6 Å². The zero-order valence-corrected chi connectivity index (χ0v) is 9.82. The number of hydrogen-bond donors (Lipinski definition) is 1. The Kier molecular flexibility index (Phi) is 6.34. The maximum atomic E-state index is 11.3. The Hall–Kier alpha value is -0.730. The highest BCUT2D eigenvalue weighted by Gasteiger charge is 2.11. The Labute approximate surface area is 86.3 Å². The van der Waals surface area contributed by atoms with Crippen LogP contribution in [0.4, 0.5) is 0 Å². The summed E-state index contributed by atoms with van der Waals surface area (Å²) in [6.45, 7) is 5.31. The molecule has 0 aliphatic carbocycles. The van der Waals surface area contributed by atoms with E-state index in [9.17, 15) is 9.59 Å². The molecular formula is C9H16NO3P. The molecule has 0 spiro atoms. The molecule has 5 heteroatoms. The van der Waals surface area contributed by atoms with Crippen LogP contribution >= 0.6 is 9.39 Å². The highest BCUT2D eigenvalue weighted by molar-refractivity contribution is 7.13. The van der Waals surface area contributed by atoms with Gasteiger partial charge in [-0.25, -0.2) is 4.79 Å². The van der Waals surface area contributed by atoms with Crippen molar-refractivity contribution in [3.8, 4) is 0 Å². The predicted octanol–water partition coefficient (Wildman–Crippen LogP) is 0.833. The van der Waals surface area contributed by atoms with Crippen LogP contribution in [0.1, 0.15) is 20.8 Å². The minimum Gasteiger partial charge on any atom is -0.463 e. The highest BCUT2D eigenvalue weighted by atomic mass is 31.0. The number of carbonyl (C=O) groups is 2. The van der Waals surface area contributed by atoms with Gasteiger partial charge in [-0.05, 0) is 26.8 Å². The van der Waals surface area contributed by atoms with Crippen LogP contribution in [-0.2, 0) is 14.3 Å². The number of nitrogens with one attached hydrogen (secondary N) is 1. The van der Waals surface area contributed by atoms with Crippen molar-refractivity contribution in [2.75, 3.05) is 6.61 Å². The van der Waals surface area contributed by atoms with E-state index in [0.717, 1.165) is 0 Å². The minimum absolute atomic E-state index is 0.148. The molecule has 0 aliphatic heterocycles. The Morgan fingerprint density at radius 2 is 2.14 bits per heavy atom. The molecule has 0 rings (SSSR count). The summed E-state index contributed by atoms with van der Waals surface area (Å²) in [4.78, 5) is 22.5. The third-order valence-electron chi connectivity index (χ3n) is 1.63. The van der Waals surface area contributed by atoms with Crippen LogP contribution in [0.15, 0.2) is 11.6 Å². The number of carbonyl (C=O) groups excluding carboxylic acids is 2. The van der Waals surface area contributed by atoms with E-state index in [0.29, 0.717) is 12.2 Å². The SMILES string of the molecule is CCOC(=O)/C(C)=C/C(=O)C(C)NP. The summed E-state index contributed by atoms with van der Waals surface area (Å²) in [5.41, 5.74) is 0.323. The van der Waals surface area contributed by atoms with E-state index in [1.807, 2.05) is 0 Å². The van der Waals surface area contributed by atoms with E-state index < -0.39 is 5.97 Å². The van der Waals surface area contributed by atoms with Gasteiger partial charge in [0.15, 0.2) is 5.78 Å². The zero-order chi connectivity index (χ0) is 11.1. The Balaban J connectivity index is 4.36. The zero-order valence-electron chi connectivity index (χ0n) is 8.66. The lowest BCUT2D eigenvalue weighted by atomic mass is 10.1. The number of hydrogen-bond acceptors (Lipinski definition) is 4. The Morgan fingerprint density at radius 3 is 2.57 bits per heavy atom. The molecule has 0 aliphatic rings. The third kappa shape index (κ3) is 4.49. The normalized spacial score (nSPS) is 13.6. The van der Waals surface area contributed by atoms with Gasteiger partial charge in [0, 0.05) is 5.57 Å². The summed E-state index contributed by atoms with van der Waals surface area (Å²) in [7, 11) is 2.25. The van der Waals surface area contributed by atoms with Crippen molar-refractivity contribution in [2.45, 2.75) is 26.8 Å². The molecule has 0 aromatic rings. The molecule has 0 radical (unpaired) electrons. The average molecular weight is 217 g/mol. The van der Waals surface area contributed by atoms with Gasteiger partial charge in [-0.2, -0.15) is 0 Å². The van der Waals surface area contributed by atoms with Gasteiger partial charge in [0.1, 0.15) is 0 Å². The van der Waals surface area contributed by atoms with E-state index in [1.165, 1.54) is 6.08 Å². The first kappa shape index (κ1) is 13.3. The van der Waals surface area contributed by atoms with Crippen LogP contribution in [0.25, 0.3) is 0 Å². The largest absolute Gasteiger partial charge is 0.463 e. The third-order valence-corrected chi connectivity index (χ3v) is 2.13. The van der Waals surface area contributed by atoms with E-state index >= 15 is 0 Å². The molecule has 0 fully saturated rings. The molecule has 0 saturated carbocycles. The summed E-state index contributed by atoms with van der Waals surface area (Å²) in [5, 5.41) is 2.71. The maximum Gasteiger partial charge on any atom is 0.333 e. The second-order valence-corrected chi connectivity index (χ2v) is 3.17. The summed E-state index contributed by atoms with van der Waals surface area (Å²) in [6.07, 6.45) is 1.29. The van der Waals surface area contributed by atoms with Crippen molar-refractivity contribution < 1.29 is 14.3 Å². The van der Waals surface area contributed by atoms with Crippen LogP contribution in [0, 0.1) is 0 Å². The fourth-order valence-corrected chi connectivity index (χ4v) is 0.889. The molecule has 0 aromatic carbocycles. The van der Waals surface area contributed by atoms with Gasteiger partial charge >= 0.3 is 5.97 Å². The molecule has 0 heterocycles. The monoisotopic (exact) mass is 217 g/mol. The second kappa shape index (κ2) is 6.68. The maximum absolute atomic E-state index is 11.3. The lowest BCUT2D eigenvalue weighted by Crippen LogP contribution is -2.25. The van der Waals surface area contributed by atoms with Gasteiger partial charge in [0.05, 0.1) is 12.6 Å². The van der Waals surface area contributed by atoms with Gasteiger partial charge in [-0.3, -0.25) is 9.88 Å². The quantitative estimate of drug-likeness (QED) is 0.421. The van der Waals surface area contributed by atoms with Gasteiger partial charge in [-0.15, -0.1) is 0 Å². The fraction of sp³-hybridized carbons (Fsp3) is 0.556. The van der Waals surface area contributed by atoms with Gasteiger partial charge in [0.25, 0.3) is 0 Å². The molecule has 0 aromatic heterocycles. The molecule has 80 valence electrons. The first-order valence-corrected chi connectivity index (χ1v) is 4.96. The number of esters is 1. The number of ketones is 1. The molecule has 2 atom stereocenters. The summed E-state index contributed by atoms with van der Waals surface area (Å²) >= 11 is 0. The van der Waals surface area contributed by atoms with Gasteiger partial charge in [-0.1, -0.05) is 9.39 Å². The molecule has 0 bridgehead atoms. The average Bonchev–Trinajstić information content (AvgIpc) is 2.16. The predicted molar refractivity (Wildman–Crippen MR) is 57.7 cm³/mol. The molecule has 1 N–H and O–H groups in total. The van der Waals surface area contributed by atoms with Crippen LogP contribution in [0.5, 0.6) is 0 Å². The highest BCUT2D eigenvalue weighted by Crippen LogP contribution is 1.99. The molecule has 14 heavy (non-hydrogen) atoms. The second-order valence-electron chi connectivity index (χ2n) is 2.84. The Bertz CT molecular complexity index is 250. The summed E-state index contributed by atoms with van der Waals surface area (Å²) < 4.78 is 4.73. The number of rotatable bonds is 5. The van der Waals surface area contributed by atoms with Crippen LogP contribution in [0.3, 0.4) is 0 Å². The molecule has 0 saturated heterocycles. The van der Waals surface area contributed by atoms with Crippen molar-refractivity contribution in [2.24, 2.45) is 0 Å². The van der Waals surface area contributed by atoms with Crippen molar-refractivity contribution in [1.82, 2.24) is 5.09 Å². The fourth-order valence-electron chi connectivity index (χ4n) is 0.724. The van der Waals surface area contributed by atoms with E-state index in [-0.39, 0.29) is 11.8 Å². The van der Waals surface area contributed by atoms with Crippen molar-refractivity contribution in [3.63, 3.8) is 0 Å². The van der Waals surface area contributed by atoms with Crippen LogP contribution < -0.4 is 5.09 Å².